The molecular formula is C19H22BrN. The molecule has 1 nitrogen and oxygen atoms in total. The summed E-state index contributed by atoms with van der Waals surface area (Å²) in [7, 11) is 0. The van der Waals surface area contributed by atoms with E-state index in [1.165, 1.54) is 41.3 Å². The Hall–Kier alpha value is -1.12. The highest BCUT2D eigenvalue weighted by Crippen LogP contribution is 2.32. The molecule has 2 aromatic carbocycles. The zero-order valence-corrected chi connectivity index (χ0v) is 13.9. The van der Waals surface area contributed by atoms with E-state index in [0.29, 0.717) is 6.04 Å². The number of rotatable bonds is 4. The average Bonchev–Trinajstić information content (AvgIpc) is 2.55. The Morgan fingerprint density at radius 1 is 0.857 bits per heavy atom. The molecule has 1 aliphatic carbocycles. The summed E-state index contributed by atoms with van der Waals surface area (Å²) in [5.41, 5.74) is 2.87. The second-order valence-corrected chi connectivity index (χ2v) is 6.79. The van der Waals surface area contributed by atoms with Gasteiger partial charge in [0, 0.05) is 17.1 Å². The smallest absolute Gasteiger partial charge is 0.0220 e. The van der Waals surface area contributed by atoms with Crippen LogP contribution in [0, 0.1) is 0 Å². The molecule has 0 saturated heterocycles. The molecule has 0 heterocycles. The lowest BCUT2D eigenvalue weighted by Crippen LogP contribution is -2.32. The van der Waals surface area contributed by atoms with Crippen LogP contribution in [-0.4, -0.2) is 6.04 Å². The third-order valence-electron chi connectivity index (χ3n) is 4.54. The summed E-state index contributed by atoms with van der Waals surface area (Å²) < 4.78 is 1.20. The van der Waals surface area contributed by atoms with Crippen LogP contribution in [0.1, 0.15) is 42.7 Å². The maximum atomic E-state index is 3.72. The molecule has 0 aromatic heterocycles. The van der Waals surface area contributed by atoms with Crippen LogP contribution in [0.15, 0.2) is 59.1 Å². The van der Waals surface area contributed by atoms with E-state index in [1.54, 1.807) is 0 Å². The summed E-state index contributed by atoms with van der Waals surface area (Å²) in [6.45, 7) is 0.960. The van der Waals surface area contributed by atoms with Gasteiger partial charge in [0.2, 0.25) is 0 Å². The van der Waals surface area contributed by atoms with Crippen LogP contribution in [0.3, 0.4) is 0 Å². The van der Waals surface area contributed by atoms with E-state index >= 15 is 0 Å². The maximum Gasteiger partial charge on any atom is 0.0220 e. The molecule has 1 saturated carbocycles. The molecule has 1 fully saturated rings. The largest absolute Gasteiger partial charge is 0.310 e. The molecular weight excluding hydrogens is 322 g/mol. The van der Waals surface area contributed by atoms with E-state index in [9.17, 15) is 0 Å². The standard InChI is InChI=1S/C19H22BrN/c20-19-9-5-4-8-17(19)14-21-18-12-10-16(11-13-18)15-6-2-1-3-7-15/h1-9,16,18,21H,10-14H2. The molecule has 110 valence electrons. The monoisotopic (exact) mass is 343 g/mol. The maximum absolute atomic E-state index is 3.72. The first-order chi connectivity index (χ1) is 10.3. The van der Waals surface area contributed by atoms with Crippen LogP contribution in [0.5, 0.6) is 0 Å². The van der Waals surface area contributed by atoms with E-state index in [-0.39, 0.29) is 0 Å². The van der Waals surface area contributed by atoms with Gasteiger partial charge < -0.3 is 5.32 Å². The predicted molar refractivity (Wildman–Crippen MR) is 92.4 cm³/mol. The quantitative estimate of drug-likeness (QED) is 0.797. The molecule has 3 rings (SSSR count). The van der Waals surface area contributed by atoms with Crippen molar-refractivity contribution in [3.05, 3.63) is 70.2 Å². The van der Waals surface area contributed by atoms with Crippen LogP contribution in [0.2, 0.25) is 0 Å². The van der Waals surface area contributed by atoms with E-state index in [4.69, 9.17) is 0 Å². The molecule has 0 radical (unpaired) electrons. The molecule has 0 amide bonds. The van der Waals surface area contributed by atoms with Gasteiger partial charge in [0.15, 0.2) is 0 Å². The van der Waals surface area contributed by atoms with Gasteiger partial charge in [-0.15, -0.1) is 0 Å². The van der Waals surface area contributed by atoms with Crippen LogP contribution in [-0.2, 0) is 6.54 Å². The Kier molecular flexibility index (Phi) is 5.10. The molecule has 1 N–H and O–H groups in total. The van der Waals surface area contributed by atoms with Crippen LogP contribution < -0.4 is 5.32 Å². The van der Waals surface area contributed by atoms with E-state index in [2.05, 4.69) is 75.8 Å². The Morgan fingerprint density at radius 3 is 2.24 bits per heavy atom. The molecule has 0 bridgehead atoms. The first-order valence-corrected chi connectivity index (χ1v) is 8.64. The van der Waals surface area contributed by atoms with Crippen LogP contribution in [0.4, 0.5) is 0 Å². The second kappa shape index (κ2) is 7.24. The van der Waals surface area contributed by atoms with Crippen molar-refractivity contribution in [1.82, 2.24) is 5.32 Å². The summed E-state index contributed by atoms with van der Waals surface area (Å²) in [4.78, 5) is 0. The SMILES string of the molecule is Brc1ccccc1CNC1CCC(c2ccccc2)CC1. The number of hydrogen-bond donors (Lipinski definition) is 1. The normalized spacial score (nSPS) is 22.1. The van der Waals surface area contributed by atoms with Crippen molar-refractivity contribution in [3.8, 4) is 0 Å². The van der Waals surface area contributed by atoms with Crippen molar-refractivity contribution in [1.29, 1.82) is 0 Å². The fourth-order valence-corrected chi connectivity index (χ4v) is 3.68. The molecule has 1 aliphatic rings. The lowest BCUT2D eigenvalue weighted by atomic mass is 9.82. The van der Waals surface area contributed by atoms with Crippen molar-refractivity contribution in [2.45, 2.75) is 44.2 Å². The highest BCUT2D eigenvalue weighted by atomic mass is 79.9. The minimum Gasteiger partial charge on any atom is -0.310 e. The zero-order valence-electron chi connectivity index (χ0n) is 12.3. The van der Waals surface area contributed by atoms with Gasteiger partial charge in [0.25, 0.3) is 0 Å². The first kappa shape index (κ1) is 14.8. The van der Waals surface area contributed by atoms with Crippen LogP contribution >= 0.6 is 15.9 Å². The highest BCUT2D eigenvalue weighted by Gasteiger charge is 2.21. The Labute approximate surface area is 135 Å². The summed E-state index contributed by atoms with van der Waals surface area (Å²) in [6.07, 6.45) is 5.17. The molecule has 0 atom stereocenters. The third kappa shape index (κ3) is 3.96. The van der Waals surface area contributed by atoms with Gasteiger partial charge in [-0.2, -0.15) is 0 Å². The summed E-state index contributed by atoms with van der Waals surface area (Å²) in [5.74, 6) is 0.757. The highest BCUT2D eigenvalue weighted by molar-refractivity contribution is 9.10. The molecule has 0 aliphatic heterocycles. The lowest BCUT2D eigenvalue weighted by Gasteiger charge is -2.29. The van der Waals surface area contributed by atoms with E-state index in [0.717, 1.165) is 12.5 Å². The van der Waals surface area contributed by atoms with Crippen LogP contribution in [0.25, 0.3) is 0 Å². The average molecular weight is 344 g/mol. The second-order valence-electron chi connectivity index (χ2n) is 5.93. The first-order valence-electron chi connectivity index (χ1n) is 7.84. The fourth-order valence-electron chi connectivity index (χ4n) is 3.25. The number of nitrogens with one attached hydrogen (secondary N) is 1. The number of benzene rings is 2. The van der Waals surface area contributed by atoms with Gasteiger partial charge in [-0.3, -0.25) is 0 Å². The van der Waals surface area contributed by atoms with Gasteiger partial charge in [-0.1, -0.05) is 64.5 Å². The minimum absolute atomic E-state index is 0.664. The predicted octanol–water partition coefficient (Wildman–Crippen LogP) is 5.27. The molecule has 2 aromatic rings. The van der Waals surface area contributed by atoms with Gasteiger partial charge >= 0.3 is 0 Å². The summed E-state index contributed by atoms with van der Waals surface area (Å²) in [5, 5.41) is 3.72. The van der Waals surface area contributed by atoms with E-state index in [1.807, 2.05) is 0 Å². The Bertz CT molecular complexity index is 559. The summed E-state index contributed by atoms with van der Waals surface area (Å²) in [6, 6.07) is 20.1. The van der Waals surface area contributed by atoms with Crippen molar-refractivity contribution >= 4 is 15.9 Å². The summed E-state index contributed by atoms with van der Waals surface area (Å²) >= 11 is 3.62. The van der Waals surface area contributed by atoms with Crippen molar-refractivity contribution in [2.24, 2.45) is 0 Å². The fraction of sp³-hybridized carbons (Fsp3) is 0.368. The molecule has 0 unspecified atom stereocenters. The Morgan fingerprint density at radius 2 is 1.52 bits per heavy atom. The van der Waals surface area contributed by atoms with E-state index < -0.39 is 0 Å². The van der Waals surface area contributed by atoms with Gasteiger partial charge in [-0.25, -0.2) is 0 Å². The lowest BCUT2D eigenvalue weighted by molar-refractivity contribution is 0.341. The van der Waals surface area contributed by atoms with Crippen molar-refractivity contribution in [2.75, 3.05) is 0 Å². The van der Waals surface area contributed by atoms with Crippen molar-refractivity contribution < 1.29 is 0 Å². The minimum atomic E-state index is 0.664. The topological polar surface area (TPSA) is 12.0 Å². The molecule has 21 heavy (non-hydrogen) atoms. The van der Waals surface area contributed by atoms with Gasteiger partial charge in [0.1, 0.15) is 0 Å². The van der Waals surface area contributed by atoms with Crippen molar-refractivity contribution in [3.63, 3.8) is 0 Å². The third-order valence-corrected chi connectivity index (χ3v) is 5.31. The molecule has 2 heteroatoms. The number of hydrogen-bond acceptors (Lipinski definition) is 1. The number of halogens is 1. The van der Waals surface area contributed by atoms with Gasteiger partial charge in [-0.05, 0) is 48.8 Å². The zero-order chi connectivity index (χ0) is 14.5. The van der Waals surface area contributed by atoms with Gasteiger partial charge in [0.05, 0.1) is 0 Å². The molecule has 0 spiro atoms. The Balaban J connectivity index is 1.49.